The third kappa shape index (κ3) is 3.38. The van der Waals surface area contributed by atoms with E-state index in [4.69, 9.17) is 0 Å². The summed E-state index contributed by atoms with van der Waals surface area (Å²) in [6.07, 6.45) is 0. The summed E-state index contributed by atoms with van der Waals surface area (Å²) in [7, 11) is 0. The first kappa shape index (κ1) is 15.4. The van der Waals surface area contributed by atoms with Crippen molar-refractivity contribution >= 4 is 17.3 Å². The normalized spacial score (nSPS) is 10.3. The van der Waals surface area contributed by atoms with Crippen LogP contribution in [0.5, 0.6) is 0 Å². The van der Waals surface area contributed by atoms with Crippen LogP contribution >= 0.6 is 0 Å². The summed E-state index contributed by atoms with van der Waals surface area (Å²) in [5, 5.41) is 13.6. The van der Waals surface area contributed by atoms with E-state index in [9.17, 15) is 19.7 Å². The SMILES string of the molecule is Cc1cccc(NC(=O)Cn2c(C)c([N+](=O)[O-])ccc2=O)c1. The highest BCUT2D eigenvalue weighted by Crippen LogP contribution is 2.15. The number of aryl methyl sites for hydroxylation is 1. The number of hydrogen-bond acceptors (Lipinski definition) is 4. The molecule has 0 saturated carbocycles. The van der Waals surface area contributed by atoms with Gasteiger partial charge < -0.3 is 5.32 Å². The third-order valence-electron chi connectivity index (χ3n) is 3.23. The van der Waals surface area contributed by atoms with Crippen molar-refractivity contribution in [3.8, 4) is 0 Å². The van der Waals surface area contributed by atoms with Crippen molar-refractivity contribution < 1.29 is 9.72 Å². The molecule has 7 heteroatoms. The standard InChI is InChI=1S/C15H15N3O4/c1-10-4-3-5-12(8-10)16-14(19)9-17-11(2)13(18(21)22)6-7-15(17)20/h3-8H,9H2,1-2H3,(H,16,19). The summed E-state index contributed by atoms with van der Waals surface area (Å²) in [6, 6.07) is 9.45. The number of rotatable bonds is 4. The quantitative estimate of drug-likeness (QED) is 0.690. The minimum atomic E-state index is -0.580. The van der Waals surface area contributed by atoms with Crippen LogP contribution in [0.2, 0.25) is 0 Å². The molecule has 0 aliphatic carbocycles. The zero-order valence-electron chi connectivity index (χ0n) is 12.2. The number of anilines is 1. The second-order valence-electron chi connectivity index (χ2n) is 4.90. The Labute approximate surface area is 126 Å². The minimum Gasteiger partial charge on any atom is -0.325 e. The van der Waals surface area contributed by atoms with Gasteiger partial charge in [0.1, 0.15) is 6.54 Å². The molecule has 1 N–H and O–H groups in total. The number of pyridine rings is 1. The number of carbonyl (C=O) groups is 1. The Balaban J connectivity index is 2.23. The lowest BCUT2D eigenvalue weighted by Gasteiger charge is -2.10. The number of benzene rings is 1. The van der Waals surface area contributed by atoms with Gasteiger partial charge in [0.05, 0.1) is 10.6 Å². The number of carbonyl (C=O) groups excluding carboxylic acids is 1. The zero-order valence-corrected chi connectivity index (χ0v) is 12.2. The Bertz CT molecular complexity index is 796. The van der Waals surface area contributed by atoms with E-state index in [1.807, 2.05) is 13.0 Å². The van der Waals surface area contributed by atoms with Crippen LogP contribution in [-0.4, -0.2) is 15.4 Å². The molecule has 1 amide bonds. The number of aromatic nitrogens is 1. The van der Waals surface area contributed by atoms with Crippen LogP contribution in [0.15, 0.2) is 41.2 Å². The number of amides is 1. The molecule has 0 atom stereocenters. The molecular formula is C15H15N3O4. The van der Waals surface area contributed by atoms with Crippen molar-refractivity contribution in [2.45, 2.75) is 20.4 Å². The van der Waals surface area contributed by atoms with Gasteiger partial charge >= 0.3 is 0 Å². The van der Waals surface area contributed by atoms with E-state index < -0.39 is 16.4 Å². The van der Waals surface area contributed by atoms with Gasteiger partial charge in [0.25, 0.3) is 11.2 Å². The molecule has 0 saturated heterocycles. The maximum absolute atomic E-state index is 12.0. The van der Waals surface area contributed by atoms with Crippen molar-refractivity contribution in [3.05, 3.63) is 68.1 Å². The van der Waals surface area contributed by atoms with Gasteiger partial charge in [-0.15, -0.1) is 0 Å². The Hall–Kier alpha value is -2.96. The lowest BCUT2D eigenvalue weighted by molar-refractivity contribution is -0.386. The van der Waals surface area contributed by atoms with Gasteiger partial charge in [0.15, 0.2) is 0 Å². The van der Waals surface area contributed by atoms with Gasteiger partial charge in [-0.25, -0.2) is 0 Å². The molecular weight excluding hydrogens is 286 g/mol. The Morgan fingerprint density at radius 1 is 1.27 bits per heavy atom. The van der Waals surface area contributed by atoms with Gasteiger partial charge in [-0.1, -0.05) is 12.1 Å². The smallest absolute Gasteiger partial charge is 0.288 e. The first-order chi connectivity index (χ1) is 10.4. The molecule has 22 heavy (non-hydrogen) atoms. The average molecular weight is 301 g/mol. The summed E-state index contributed by atoms with van der Waals surface area (Å²) in [5.41, 5.74) is 1.10. The molecule has 7 nitrogen and oxygen atoms in total. The van der Waals surface area contributed by atoms with Gasteiger partial charge in [-0.2, -0.15) is 0 Å². The number of nitro groups is 1. The Morgan fingerprint density at radius 2 is 2.00 bits per heavy atom. The van der Waals surface area contributed by atoms with Crippen molar-refractivity contribution in [2.24, 2.45) is 0 Å². The van der Waals surface area contributed by atoms with E-state index in [2.05, 4.69) is 5.32 Å². The van der Waals surface area contributed by atoms with E-state index in [0.29, 0.717) is 5.69 Å². The fraction of sp³-hybridized carbons (Fsp3) is 0.200. The maximum Gasteiger partial charge on any atom is 0.288 e. The minimum absolute atomic E-state index is 0.150. The van der Waals surface area contributed by atoms with Crippen molar-refractivity contribution in [3.63, 3.8) is 0 Å². The van der Waals surface area contributed by atoms with Crippen LogP contribution in [0.4, 0.5) is 11.4 Å². The number of nitrogens with one attached hydrogen (secondary N) is 1. The highest BCUT2D eigenvalue weighted by molar-refractivity contribution is 5.90. The monoisotopic (exact) mass is 301 g/mol. The second-order valence-corrected chi connectivity index (χ2v) is 4.90. The lowest BCUT2D eigenvalue weighted by atomic mass is 10.2. The molecule has 0 radical (unpaired) electrons. The van der Waals surface area contributed by atoms with Gasteiger partial charge in [-0.3, -0.25) is 24.3 Å². The summed E-state index contributed by atoms with van der Waals surface area (Å²) >= 11 is 0. The summed E-state index contributed by atoms with van der Waals surface area (Å²) in [6.45, 7) is 3.06. The molecule has 1 aromatic carbocycles. The number of nitrogens with zero attached hydrogens (tertiary/aromatic N) is 2. The molecule has 2 aromatic rings. The van der Waals surface area contributed by atoms with Crippen LogP contribution in [0.25, 0.3) is 0 Å². The van der Waals surface area contributed by atoms with Crippen molar-refractivity contribution in [1.29, 1.82) is 0 Å². The molecule has 0 aliphatic heterocycles. The van der Waals surface area contributed by atoms with Gasteiger partial charge in [0, 0.05) is 17.8 Å². The van der Waals surface area contributed by atoms with Crippen molar-refractivity contribution in [2.75, 3.05) is 5.32 Å². The Kier molecular flexibility index (Phi) is 4.36. The highest BCUT2D eigenvalue weighted by Gasteiger charge is 2.16. The molecule has 0 fully saturated rings. The van der Waals surface area contributed by atoms with Crippen LogP contribution in [0.3, 0.4) is 0 Å². The number of hydrogen-bond donors (Lipinski definition) is 1. The second kappa shape index (κ2) is 6.21. The van der Waals surface area contributed by atoms with E-state index in [1.165, 1.54) is 6.92 Å². The predicted octanol–water partition coefficient (Wildman–Crippen LogP) is 2.01. The van der Waals surface area contributed by atoms with Gasteiger partial charge in [0.2, 0.25) is 5.91 Å². The predicted molar refractivity (Wildman–Crippen MR) is 81.9 cm³/mol. The summed E-state index contributed by atoms with van der Waals surface area (Å²) in [5.74, 6) is -0.420. The molecule has 0 spiro atoms. The molecule has 0 unspecified atom stereocenters. The largest absolute Gasteiger partial charge is 0.325 e. The van der Waals surface area contributed by atoms with E-state index in [0.717, 1.165) is 22.3 Å². The molecule has 2 rings (SSSR count). The van der Waals surface area contributed by atoms with Crippen LogP contribution < -0.4 is 10.9 Å². The molecule has 0 aliphatic rings. The molecule has 114 valence electrons. The van der Waals surface area contributed by atoms with E-state index in [1.54, 1.807) is 18.2 Å². The first-order valence-corrected chi connectivity index (χ1v) is 6.60. The van der Waals surface area contributed by atoms with Crippen LogP contribution in [0, 0.1) is 24.0 Å². The summed E-state index contributed by atoms with van der Waals surface area (Å²) < 4.78 is 1.09. The Morgan fingerprint density at radius 3 is 2.64 bits per heavy atom. The summed E-state index contributed by atoms with van der Waals surface area (Å²) in [4.78, 5) is 34.2. The average Bonchev–Trinajstić information content (AvgIpc) is 2.43. The van der Waals surface area contributed by atoms with Crippen LogP contribution in [0.1, 0.15) is 11.3 Å². The molecule has 1 heterocycles. The molecule has 1 aromatic heterocycles. The highest BCUT2D eigenvalue weighted by atomic mass is 16.6. The lowest BCUT2D eigenvalue weighted by Crippen LogP contribution is -2.29. The third-order valence-corrected chi connectivity index (χ3v) is 3.23. The van der Waals surface area contributed by atoms with Crippen LogP contribution in [-0.2, 0) is 11.3 Å². The molecule has 0 bridgehead atoms. The van der Waals surface area contributed by atoms with E-state index in [-0.39, 0.29) is 17.9 Å². The first-order valence-electron chi connectivity index (χ1n) is 6.60. The maximum atomic E-state index is 12.0. The fourth-order valence-corrected chi connectivity index (χ4v) is 2.12. The topological polar surface area (TPSA) is 94.2 Å². The van der Waals surface area contributed by atoms with E-state index >= 15 is 0 Å². The fourth-order valence-electron chi connectivity index (χ4n) is 2.12. The van der Waals surface area contributed by atoms with Crippen molar-refractivity contribution in [1.82, 2.24) is 4.57 Å². The van der Waals surface area contributed by atoms with Gasteiger partial charge in [-0.05, 0) is 31.5 Å². The zero-order chi connectivity index (χ0) is 16.3.